The molecule has 1 nitrogen and oxygen atoms in total. The summed E-state index contributed by atoms with van der Waals surface area (Å²) < 4.78 is 6.08. The van der Waals surface area contributed by atoms with E-state index in [-0.39, 0.29) is 26.1 Å². The van der Waals surface area contributed by atoms with E-state index in [1.165, 1.54) is 6.04 Å². The van der Waals surface area contributed by atoms with Crippen molar-refractivity contribution >= 4 is 16.1 Å². The van der Waals surface area contributed by atoms with Gasteiger partial charge >= 0.3 is 0 Å². The van der Waals surface area contributed by atoms with E-state index >= 15 is 0 Å². The molecule has 1 aliphatic rings. The first-order chi connectivity index (χ1) is 7.39. The SMILES string of the molecule is [CH2-][Si](C1=CC=CC1)[Si](CC)(OC)C(C)(C)C.[Pt]. The zero-order valence-electron chi connectivity index (χ0n) is 11.6. The molecule has 0 N–H and O–H groups in total. The summed E-state index contributed by atoms with van der Waals surface area (Å²) in [6, 6.07) is 1.17. The molecule has 0 aromatic carbocycles. The summed E-state index contributed by atoms with van der Waals surface area (Å²) in [6.07, 6.45) is 7.77. The average Bonchev–Trinajstić information content (AvgIpc) is 2.70. The van der Waals surface area contributed by atoms with Gasteiger partial charge in [-0.1, -0.05) is 54.2 Å². The van der Waals surface area contributed by atoms with E-state index in [0.717, 1.165) is 6.42 Å². The van der Waals surface area contributed by atoms with Gasteiger partial charge in [0.15, 0.2) is 7.83 Å². The fourth-order valence-electron chi connectivity index (χ4n) is 2.70. The van der Waals surface area contributed by atoms with Crippen LogP contribution in [0.25, 0.3) is 0 Å². The van der Waals surface area contributed by atoms with Crippen LogP contribution in [0.4, 0.5) is 0 Å². The minimum atomic E-state index is -1.73. The predicted molar refractivity (Wildman–Crippen MR) is 75.9 cm³/mol. The topological polar surface area (TPSA) is 9.23 Å². The summed E-state index contributed by atoms with van der Waals surface area (Å²) in [6.45, 7) is 13.8. The molecule has 0 aromatic heterocycles. The molecule has 1 atom stereocenters. The number of rotatable bonds is 4. The molecule has 0 saturated heterocycles. The molecule has 0 heterocycles. The van der Waals surface area contributed by atoms with Gasteiger partial charge < -0.3 is 11.0 Å². The molecule has 1 rings (SSSR count). The van der Waals surface area contributed by atoms with Crippen molar-refractivity contribution in [2.45, 2.75) is 45.2 Å². The Morgan fingerprint density at radius 3 is 2.35 bits per heavy atom. The number of hydrogen-bond acceptors (Lipinski definition) is 1. The minimum Gasteiger partial charge on any atom is -0.425 e. The molecule has 4 heteroatoms. The Morgan fingerprint density at radius 1 is 1.47 bits per heavy atom. The molecule has 0 aliphatic heterocycles. The van der Waals surface area contributed by atoms with E-state index < -0.39 is 16.1 Å². The standard InChI is InChI=1S/C13H24OSi2.Pt/c1-7-16(14-5,13(2,3)4)15(6)12-10-8-9-11-12;/h8-10H,6-7,11H2,1-5H3;/q-1;. The van der Waals surface area contributed by atoms with Gasteiger partial charge in [0.05, 0.1) is 0 Å². The Morgan fingerprint density at radius 2 is 2.06 bits per heavy atom. The first-order valence-electron chi connectivity index (χ1n) is 5.99. The van der Waals surface area contributed by atoms with E-state index in [9.17, 15) is 0 Å². The second-order valence-electron chi connectivity index (χ2n) is 5.44. The van der Waals surface area contributed by atoms with Crippen molar-refractivity contribution in [2.75, 3.05) is 7.11 Å². The van der Waals surface area contributed by atoms with E-state index in [1.807, 2.05) is 7.11 Å². The second kappa shape index (κ2) is 6.65. The third kappa shape index (κ3) is 3.31. The molecule has 17 heavy (non-hydrogen) atoms. The van der Waals surface area contributed by atoms with E-state index in [4.69, 9.17) is 4.43 Å². The summed E-state index contributed by atoms with van der Waals surface area (Å²) in [5.41, 5.74) is 0. The Labute approximate surface area is 124 Å². The van der Waals surface area contributed by atoms with Crippen LogP contribution in [0.1, 0.15) is 34.1 Å². The molecular weight excluding hydrogens is 423 g/mol. The number of allylic oxidation sites excluding steroid dienone is 4. The van der Waals surface area contributed by atoms with Crippen LogP contribution in [-0.4, -0.2) is 23.3 Å². The zero-order valence-corrected chi connectivity index (χ0v) is 15.9. The van der Waals surface area contributed by atoms with Crippen molar-refractivity contribution < 1.29 is 25.5 Å². The van der Waals surface area contributed by atoms with Crippen LogP contribution in [0.2, 0.25) is 11.1 Å². The summed E-state index contributed by atoms with van der Waals surface area (Å²) in [7, 11) is -0.587. The van der Waals surface area contributed by atoms with Gasteiger partial charge in [0, 0.05) is 28.2 Å². The van der Waals surface area contributed by atoms with Crippen molar-refractivity contribution in [3.8, 4) is 0 Å². The van der Waals surface area contributed by atoms with Gasteiger partial charge in [-0.05, 0) is 17.5 Å². The minimum absolute atomic E-state index is 0. The monoisotopic (exact) mass is 447 g/mol. The smallest absolute Gasteiger partial charge is 0.155 e. The van der Waals surface area contributed by atoms with Crippen LogP contribution in [0.3, 0.4) is 0 Å². The molecule has 0 bridgehead atoms. The van der Waals surface area contributed by atoms with Crippen molar-refractivity contribution in [3.63, 3.8) is 0 Å². The maximum absolute atomic E-state index is 6.08. The Balaban J connectivity index is 0.00000256. The van der Waals surface area contributed by atoms with Gasteiger partial charge in [0.2, 0.25) is 0 Å². The van der Waals surface area contributed by atoms with E-state index in [0.29, 0.717) is 0 Å². The first-order valence-corrected chi connectivity index (χ1v) is 10.8. The Kier molecular flexibility index (Phi) is 6.87. The fraction of sp³-hybridized carbons (Fsp3) is 0.615. The van der Waals surface area contributed by atoms with Crippen LogP contribution in [0.5, 0.6) is 0 Å². The van der Waals surface area contributed by atoms with Crippen LogP contribution in [-0.2, 0) is 25.5 Å². The molecule has 0 fully saturated rings. The van der Waals surface area contributed by atoms with Gasteiger partial charge in [-0.3, -0.25) is 0 Å². The average molecular weight is 448 g/mol. The van der Waals surface area contributed by atoms with E-state index in [1.54, 1.807) is 5.20 Å². The molecule has 0 amide bonds. The summed E-state index contributed by atoms with van der Waals surface area (Å²) in [5.74, 6) is 0. The Bertz CT molecular complexity index is 301. The third-order valence-corrected chi connectivity index (χ3v) is 17.8. The van der Waals surface area contributed by atoms with Gasteiger partial charge in [-0.25, -0.2) is 0 Å². The quantitative estimate of drug-likeness (QED) is 0.471. The third-order valence-electron chi connectivity index (χ3n) is 3.70. The van der Waals surface area contributed by atoms with Crippen molar-refractivity contribution in [1.29, 1.82) is 0 Å². The molecule has 1 radical (unpaired) electrons. The maximum Gasteiger partial charge on any atom is 0.155 e. The zero-order chi connectivity index (χ0) is 12.4. The molecule has 0 saturated carbocycles. The van der Waals surface area contributed by atoms with Crippen LogP contribution < -0.4 is 0 Å². The largest absolute Gasteiger partial charge is 0.425 e. The summed E-state index contributed by atoms with van der Waals surface area (Å²) in [5, 5.41) is 1.82. The molecule has 101 valence electrons. The van der Waals surface area contributed by atoms with Gasteiger partial charge in [0.25, 0.3) is 0 Å². The van der Waals surface area contributed by atoms with Gasteiger partial charge in [-0.15, -0.1) is 5.20 Å². The van der Waals surface area contributed by atoms with Crippen LogP contribution >= 0.6 is 0 Å². The molecule has 1 aliphatic carbocycles. The van der Waals surface area contributed by atoms with Crippen molar-refractivity contribution in [3.05, 3.63) is 30.0 Å². The van der Waals surface area contributed by atoms with Crippen molar-refractivity contribution in [2.24, 2.45) is 0 Å². The predicted octanol–water partition coefficient (Wildman–Crippen LogP) is 3.77. The normalized spacial score (nSPS) is 18.9. The molecule has 1 unspecified atom stereocenters. The Hall–Kier alpha value is 0.562. The van der Waals surface area contributed by atoms with E-state index in [2.05, 4.69) is 52.5 Å². The number of hydrogen-bond donors (Lipinski definition) is 0. The summed E-state index contributed by atoms with van der Waals surface area (Å²) in [4.78, 5) is 0. The van der Waals surface area contributed by atoms with Crippen LogP contribution in [0, 0.1) is 6.55 Å². The second-order valence-corrected chi connectivity index (χ2v) is 15.5. The van der Waals surface area contributed by atoms with Gasteiger partial charge in [0.1, 0.15) is 0 Å². The molecular formula is C13H24OPtSi2-. The van der Waals surface area contributed by atoms with Gasteiger partial charge in [-0.2, -0.15) is 0 Å². The first kappa shape index (κ1) is 17.6. The fourth-order valence-corrected chi connectivity index (χ4v) is 14.3. The maximum atomic E-state index is 6.08. The van der Waals surface area contributed by atoms with Crippen molar-refractivity contribution in [1.82, 2.24) is 0 Å². The molecule has 0 spiro atoms. The van der Waals surface area contributed by atoms with Crippen LogP contribution in [0.15, 0.2) is 23.4 Å². The molecule has 0 aromatic rings. The summed E-state index contributed by atoms with van der Waals surface area (Å²) >= 11 is 0.